The van der Waals surface area contributed by atoms with Gasteiger partial charge in [-0.1, -0.05) is 41.4 Å². The number of hydrogen-bond donors (Lipinski definition) is 1. The first-order valence-electron chi connectivity index (χ1n) is 6.47. The van der Waals surface area contributed by atoms with Gasteiger partial charge in [-0.15, -0.1) is 0 Å². The molecule has 1 aromatic heterocycles. The third-order valence-electron chi connectivity index (χ3n) is 3.53. The van der Waals surface area contributed by atoms with Crippen LogP contribution in [0.3, 0.4) is 0 Å². The second-order valence-corrected chi connectivity index (χ2v) is 5.40. The molecule has 0 spiro atoms. The molecule has 1 atom stereocenters. The molecule has 2 rings (SSSR count). The van der Waals surface area contributed by atoms with Gasteiger partial charge in [0.2, 0.25) is 0 Å². The van der Waals surface area contributed by atoms with Crippen LogP contribution in [0.15, 0.2) is 24.3 Å². The minimum absolute atomic E-state index is 0.271. The third-order valence-corrected chi connectivity index (χ3v) is 4.03. The molecule has 3 nitrogen and oxygen atoms in total. The highest BCUT2D eigenvalue weighted by atomic mass is 35.5. The lowest BCUT2D eigenvalue weighted by atomic mass is 9.93. The summed E-state index contributed by atoms with van der Waals surface area (Å²) in [5.41, 5.74) is 10.4. The summed E-state index contributed by atoms with van der Waals surface area (Å²) in [6, 6.07) is 8.52. The van der Waals surface area contributed by atoms with Gasteiger partial charge in [-0.3, -0.25) is 4.68 Å². The average molecular weight is 278 g/mol. The Balaban J connectivity index is 2.26. The lowest BCUT2D eigenvalue weighted by molar-refractivity contribution is 0.629. The summed E-state index contributed by atoms with van der Waals surface area (Å²) in [6.07, 6.45) is 0.815. The van der Waals surface area contributed by atoms with Crippen LogP contribution in [-0.4, -0.2) is 16.3 Å². The molecule has 2 aromatic rings. The molecule has 0 saturated carbocycles. The van der Waals surface area contributed by atoms with Crippen LogP contribution >= 0.6 is 11.6 Å². The molecule has 0 aliphatic heterocycles. The molecule has 2 N–H and O–H groups in total. The highest BCUT2D eigenvalue weighted by Gasteiger charge is 2.17. The van der Waals surface area contributed by atoms with Crippen LogP contribution in [-0.2, 0) is 13.5 Å². The first-order chi connectivity index (χ1) is 9.02. The van der Waals surface area contributed by atoms with E-state index in [4.69, 9.17) is 17.3 Å². The summed E-state index contributed by atoms with van der Waals surface area (Å²) in [6.45, 7) is 4.61. The number of benzene rings is 1. The van der Waals surface area contributed by atoms with E-state index in [0.29, 0.717) is 6.54 Å². The minimum atomic E-state index is 0.271. The summed E-state index contributed by atoms with van der Waals surface area (Å²) in [5, 5.41) is 5.11. The average Bonchev–Trinajstić information content (AvgIpc) is 2.63. The van der Waals surface area contributed by atoms with Crippen molar-refractivity contribution in [1.29, 1.82) is 0 Å². The van der Waals surface area contributed by atoms with Crippen molar-refractivity contribution >= 4 is 11.6 Å². The molecule has 0 radical (unpaired) electrons. The van der Waals surface area contributed by atoms with Gasteiger partial charge in [0.05, 0.1) is 16.4 Å². The number of hydrogen-bond acceptors (Lipinski definition) is 2. The largest absolute Gasteiger partial charge is 0.330 e. The van der Waals surface area contributed by atoms with Gasteiger partial charge in [-0.25, -0.2) is 0 Å². The molecule has 1 aromatic carbocycles. The van der Waals surface area contributed by atoms with Gasteiger partial charge < -0.3 is 5.73 Å². The number of nitrogens with two attached hydrogens (primary N) is 1. The Labute approximate surface area is 119 Å². The van der Waals surface area contributed by atoms with Crippen LogP contribution in [0.25, 0.3) is 0 Å². The molecule has 0 aliphatic rings. The zero-order valence-corrected chi connectivity index (χ0v) is 12.4. The molecule has 4 heteroatoms. The predicted octanol–water partition coefficient (Wildman–Crippen LogP) is 2.98. The van der Waals surface area contributed by atoms with E-state index in [2.05, 4.69) is 36.3 Å². The van der Waals surface area contributed by atoms with Crippen molar-refractivity contribution in [3.8, 4) is 0 Å². The standard InChI is InChI=1S/C15H20ClN3/c1-10-4-6-12(7-5-10)13(9-17)8-14-15(16)11(2)18-19(14)3/h4-7,13H,8-9,17H2,1-3H3. The van der Waals surface area contributed by atoms with Crippen LogP contribution < -0.4 is 5.73 Å². The van der Waals surface area contributed by atoms with Gasteiger partial charge >= 0.3 is 0 Å². The van der Waals surface area contributed by atoms with Crippen molar-refractivity contribution in [3.63, 3.8) is 0 Å². The minimum Gasteiger partial charge on any atom is -0.330 e. The Bertz CT molecular complexity index is 558. The van der Waals surface area contributed by atoms with E-state index in [0.717, 1.165) is 22.8 Å². The van der Waals surface area contributed by atoms with Crippen LogP contribution in [0.1, 0.15) is 28.4 Å². The van der Waals surface area contributed by atoms with Crippen LogP contribution in [0.4, 0.5) is 0 Å². The van der Waals surface area contributed by atoms with Gasteiger partial charge in [0.15, 0.2) is 0 Å². The van der Waals surface area contributed by atoms with Crippen molar-refractivity contribution in [3.05, 3.63) is 51.8 Å². The Morgan fingerprint density at radius 2 is 1.89 bits per heavy atom. The maximum atomic E-state index is 6.30. The summed E-state index contributed by atoms with van der Waals surface area (Å²) >= 11 is 6.30. The maximum Gasteiger partial charge on any atom is 0.0847 e. The number of aromatic nitrogens is 2. The Hall–Kier alpha value is -1.32. The van der Waals surface area contributed by atoms with Crippen LogP contribution in [0, 0.1) is 13.8 Å². The van der Waals surface area contributed by atoms with Gasteiger partial charge in [0.1, 0.15) is 0 Å². The molecular formula is C15H20ClN3. The molecule has 102 valence electrons. The molecule has 1 heterocycles. The predicted molar refractivity (Wildman–Crippen MR) is 79.6 cm³/mol. The fourth-order valence-electron chi connectivity index (χ4n) is 2.31. The molecule has 0 aliphatic carbocycles. The first-order valence-corrected chi connectivity index (χ1v) is 6.85. The fraction of sp³-hybridized carbons (Fsp3) is 0.400. The van der Waals surface area contributed by atoms with E-state index in [9.17, 15) is 0 Å². The number of halogens is 1. The Morgan fingerprint density at radius 1 is 1.26 bits per heavy atom. The van der Waals surface area contributed by atoms with E-state index in [-0.39, 0.29) is 5.92 Å². The first kappa shape index (κ1) is 14.1. The zero-order valence-electron chi connectivity index (χ0n) is 11.7. The summed E-state index contributed by atoms with van der Waals surface area (Å²) in [7, 11) is 1.93. The van der Waals surface area contributed by atoms with Crippen LogP contribution in [0.2, 0.25) is 5.02 Å². The molecule has 19 heavy (non-hydrogen) atoms. The Morgan fingerprint density at radius 3 is 2.37 bits per heavy atom. The van der Waals surface area contributed by atoms with E-state index in [1.165, 1.54) is 11.1 Å². The van der Waals surface area contributed by atoms with Gasteiger partial charge in [0, 0.05) is 13.0 Å². The van der Waals surface area contributed by atoms with E-state index < -0.39 is 0 Å². The zero-order chi connectivity index (χ0) is 14.0. The van der Waals surface area contributed by atoms with Gasteiger partial charge in [0.25, 0.3) is 0 Å². The number of aryl methyl sites for hydroxylation is 3. The monoisotopic (exact) mass is 277 g/mol. The summed E-state index contributed by atoms with van der Waals surface area (Å²) < 4.78 is 1.86. The number of nitrogens with zero attached hydrogens (tertiary/aromatic N) is 2. The Kier molecular flexibility index (Phi) is 4.27. The molecular weight excluding hydrogens is 258 g/mol. The highest BCUT2D eigenvalue weighted by Crippen LogP contribution is 2.26. The van der Waals surface area contributed by atoms with E-state index in [1.54, 1.807) is 0 Å². The molecule has 1 unspecified atom stereocenters. The van der Waals surface area contributed by atoms with Gasteiger partial charge in [-0.05, 0) is 32.4 Å². The summed E-state index contributed by atoms with van der Waals surface area (Å²) in [5.74, 6) is 0.271. The van der Waals surface area contributed by atoms with Crippen molar-refractivity contribution in [2.45, 2.75) is 26.2 Å². The van der Waals surface area contributed by atoms with E-state index in [1.807, 2.05) is 18.7 Å². The van der Waals surface area contributed by atoms with Gasteiger partial charge in [-0.2, -0.15) is 5.10 Å². The van der Waals surface area contributed by atoms with Crippen molar-refractivity contribution in [1.82, 2.24) is 9.78 Å². The second kappa shape index (κ2) is 5.76. The van der Waals surface area contributed by atoms with E-state index >= 15 is 0 Å². The molecule has 0 fully saturated rings. The normalized spacial score (nSPS) is 12.7. The smallest absolute Gasteiger partial charge is 0.0847 e. The quantitative estimate of drug-likeness (QED) is 0.934. The molecule has 0 saturated heterocycles. The second-order valence-electron chi connectivity index (χ2n) is 5.02. The number of rotatable bonds is 4. The fourth-order valence-corrected chi connectivity index (χ4v) is 2.55. The van der Waals surface area contributed by atoms with Crippen LogP contribution in [0.5, 0.6) is 0 Å². The van der Waals surface area contributed by atoms with Crippen molar-refractivity contribution in [2.24, 2.45) is 12.8 Å². The topological polar surface area (TPSA) is 43.8 Å². The lowest BCUT2D eigenvalue weighted by Gasteiger charge is -2.16. The molecule has 0 bridgehead atoms. The highest BCUT2D eigenvalue weighted by molar-refractivity contribution is 6.31. The summed E-state index contributed by atoms with van der Waals surface area (Å²) in [4.78, 5) is 0. The third kappa shape index (κ3) is 2.99. The van der Waals surface area contributed by atoms with Crippen molar-refractivity contribution < 1.29 is 0 Å². The maximum absolute atomic E-state index is 6.30. The molecule has 0 amide bonds. The lowest BCUT2D eigenvalue weighted by Crippen LogP contribution is -2.16. The van der Waals surface area contributed by atoms with Crippen molar-refractivity contribution in [2.75, 3.05) is 6.54 Å². The SMILES string of the molecule is Cc1ccc(C(CN)Cc2c(Cl)c(C)nn2C)cc1.